The Morgan fingerprint density at radius 2 is 1.79 bits per heavy atom. The molecule has 1 aliphatic heterocycles. The van der Waals surface area contributed by atoms with Crippen LogP contribution in [-0.2, 0) is 11.3 Å². The molecule has 2 aliphatic rings. The Morgan fingerprint density at radius 1 is 1.07 bits per heavy atom. The molecular formula is C30H36F2N8O3. The SMILES string of the molecule is Cc1cncc(-c2nc(-c3noc(=O)[nH]3)cc3nc(N4[C@H](C)CN(C(=O)C(F)F)C[C@H]4C)n(C[C@H]4CC[C@H](C)CC4)c23)c1. The number of nitrogens with zero attached hydrogens (tertiary/aromatic N) is 7. The van der Waals surface area contributed by atoms with E-state index in [-0.39, 0.29) is 31.0 Å². The van der Waals surface area contributed by atoms with Crippen LogP contribution >= 0.6 is 0 Å². The number of carbonyl (C=O) groups excluding carboxylic acids is 1. The number of hydrogen-bond acceptors (Lipinski definition) is 8. The summed E-state index contributed by atoms with van der Waals surface area (Å²) in [6.07, 6.45) is 4.99. The second-order valence-corrected chi connectivity index (χ2v) is 12.2. The van der Waals surface area contributed by atoms with Crippen LogP contribution in [0.5, 0.6) is 0 Å². The van der Waals surface area contributed by atoms with E-state index >= 15 is 0 Å². The predicted octanol–water partition coefficient (Wildman–Crippen LogP) is 4.66. The third-order valence-corrected chi connectivity index (χ3v) is 8.76. The van der Waals surface area contributed by atoms with Gasteiger partial charge in [-0.05, 0) is 63.1 Å². The number of aromatic amines is 1. The lowest BCUT2D eigenvalue weighted by Gasteiger charge is -2.45. The van der Waals surface area contributed by atoms with E-state index in [2.05, 4.69) is 31.5 Å². The Labute approximate surface area is 247 Å². The maximum atomic E-state index is 13.3. The van der Waals surface area contributed by atoms with Crippen molar-refractivity contribution in [3.05, 3.63) is 40.6 Å². The molecule has 0 aromatic carbocycles. The van der Waals surface area contributed by atoms with Crippen LogP contribution in [0.3, 0.4) is 0 Å². The van der Waals surface area contributed by atoms with E-state index in [1.165, 1.54) is 4.90 Å². The van der Waals surface area contributed by atoms with Gasteiger partial charge in [-0.25, -0.2) is 14.8 Å². The minimum absolute atomic E-state index is 0.163. The number of aryl methyl sites for hydroxylation is 1. The molecular weight excluding hydrogens is 558 g/mol. The Bertz CT molecular complexity index is 1680. The number of alkyl halides is 2. The largest absolute Gasteiger partial charge is 0.439 e. The van der Waals surface area contributed by atoms with E-state index in [0.717, 1.165) is 42.3 Å². The highest BCUT2D eigenvalue weighted by atomic mass is 19.3. The van der Waals surface area contributed by atoms with Gasteiger partial charge in [-0.2, -0.15) is 8.78 Å². The van der Waals surface area contributed by atoms with E-state index in [4.69, 9.17) is 14.5 Å². The highest BCUT2D eigenvalue weighted by molar-refractivity contribution is 5.94. The van der Waals surface area contributed by atoms with Crippen LogP contribution < -0.4 is 10.7 Å². The van der Waals surface area contributed by atoms with Crippen molar-refractivity contribution in [1.29, 1.82) is 0 Å². The molecule has 0 spiro atoms. The Kier molecular flexibility index (Phi) is 7.74. The topological polar surface area (TPSA) is 126 Å². The fourth-order valence-electron chi connectivity index (χ4n) is 6.67. The zero-order valence-electron chi connectivity index (χ0n) is 24.8. The first-order valence-electron chi connectivity index (χ1n) is 14.8. The molecule has 6 rings (SSSR count). The van der Waals surface area contributed by atoms with Gasteiger partial charge in [0.25, 0.3) is 5.91 Å². The number of hydrogen-bond donors (Lipinski definition) is 1. The molecule has 1 saturated heterocycles. The van der Waals surface area contributed by atoms with Crippen LogP contribution in [0.4, 0.5) is 14.7 Å². The second kappa shape index (κ2) is 11.5. The number of fused-ring (bicyclic) bond motifs is 1. The van der Waals surface area contributed by atoms with Crippen molar-refractivity contribution in [3.8, 4) is 22.8 Å². The van der Waals surface area contributed by atoms with Gasteiger partial charge in [0.05, 0.1) is 16.7 Å². The number of amides is 1. The number of imidazole rings is 1. The average Bonchev–Trinajstić information content (AvgIpc) is 3.56. The standard InChI is InChI=1S/C30H36F2N8O3/c1-16-5-7-20(8-6-16)15-39-25-22(35-29(39)40-18(3)13-38(14-19(40)4)28(41)26(31)32)10-23(27-36-30(42)43-37-27)34-24(25)21-9-17(2)11-33-12-21/h9-12,16,18-20,26H,5-8,13-15H2,1-4H3,(H,36,37,42)/t16-,18-,19-,20-/m1/s1. The summed E-state index contributed by atoms with van der Waals surface area (Å²) in [7, 11) is 0. The Hall–Kier alpha value is -4.16. The number of H-pyrrole nitrogens is 1. The van der Waals surface area contributed by atoms with E-state index < -0.39 is 18.1 Å². The van der Waals surface area contributed by atoms with Gasteiger partial charge in [0.2, 0.25) is 11.8 Å². The smallest absolute Gasteiger partial charge is 0.334 e. The van der Waals surface area contributed by atoms with Crippen molar-refractivity contribution >= 4 is 22.9 Å². The van der Waals surface area contributed by atoms with Gasteiger partial charge in [-0.15, -0.1) is 0 Å². The Balaban J connectivity index is 1.54. The number of aromatic nitrogens is 6. The van der Waals surface area contributed by atoms with Crippen LogP contribution in [0.2, 0.25) is 0 Å². The molecule has 4 aromatic rings. The monoisotopic (exact) mass is 594 g/mol. The first-order valence-corrected chi connectivity index (χ1v) is 14.8. The van der Waals surface area contributed by atoms with Gasteiger partial charge < -0.3 is 14.4 Å². The van der Waals surface area contributed by atoms with Gasteiger partial charge in [0, 0.05) is 49.7 Å². The molecule has 2 atom stereocenters. The third-order valence-electron chi connectivity index (χ3n) is 8.76. The predicted molar refractivity (Wildman–Crippen MR) is 157 cm³/mol. The van der Waals surface area contributed by atoms with Gasteiger partial charge in [0.1, 0.15) is 5.69 Å². The van der Waals surface area contributed by atoms with Gasteiger partial charge >= 0.3 is 12.2 Å². The summed E-state index contributed by atoms with van der Waals surface area (Å²) in [4.78, 5) is 44.5. The molecule has 43 heavy (non-hydrogen) atoms. The van der Waals surface area contributed by atoms with Crippen LogP contribution in [0, 0.1) is 18.8 Å². The van der Waals surface area contributed by atoms with Crippen LogP contribution in [0.25, 0.3) is 33.8 Å². The number of carbonyl (C=O) groups is 1. The third kappa shape index (κ3) is 5.64. The fourth-order valence-corrected chi connectivity index (χ4v) is 6.67. The van der Waals surface area contributed by atoms with Crippen molar-refractivity contribution < 1.29 is 18.1 Å². The molecule has 1 aliphatic carbocycles. The number of piperazine rings is 1. The molecule has 0 unspecified atom stereocenters. The fraction of sp³-hybridized carbons (Fsp3) is 0.533. The minimum atomic E-state index is -3.04. The highest BCUT2D eigenvalue weighted by Crippen LogP contribution is 2.38. The summed E-state index contributed by atoms with van der Waals surface area (Å²) in [6.45, 7) is 9.15. The first kappa shape index (κ1) is 28.9. The summed E-state index contributed by atoms with van der Waals surface area (Å²) in [5, 5.41) is 3.86. The molecule has 13 heteroatoms. The lowest BCUT2D eigenvalue weighted by atomic mass is 9.83. The van der Waals surface area contributed by atoms with E-state index in [1.807, 2.05) is 26.8 Å². The van der Waals surface area contributed by atoms with Crippen LogP contribution in [0.15, 0.2) is 33.8 Å². The summed E-state index contributed by atoms with van der Waals surface area (Å²) in [6, 6.07) is 3.25. The van der Waals surface area contributed by atoms with Crippen LogP contribution in [0.1, 0.15) is 52.0 Å². The molecule has 0 bridgehead atoms. The lowest BCUT2D eigenvalue weighted by Crippen LogP contribution is -2.59. The van der Waals surface area contributed by atoms with Crippen molar-refractivity contribution in [2.24, 2.45) is 11.8 Å². The highest BCUT2D eigenvalue weighted by Gasteiger charge is 2.38. The number of rotatable bonds is 6. The normalized spacial score (nSPS) is 23.0. The maximum Gasteiger partial charge on any atom is 0.439 e. The van der Waals surface area contributed by atoms with Crippen molar-refractivity contribution in [1.82, 2.24) is 34.6 Å². The number of pyridine rings is 2. The number of anilines is 1. The van der Waals surface area contributed by atoms with E-state index in [9.17, 15) is 18.4 Å². The van der Waals surface area contributed by atoms with Gasteiger partial charge in [-0.1, -0.05) is 24.9 Å². The van der Waals surface area contributed by atoms with Crippen molar-refractivity contribution in [2.75, 3.05) is 18.0 Å². The van der Waals surface area contributed by atoms with E-state index in [0.29, 0.717) is 41.2 Å². The van der Waals surface area contributed by atoms with E-state index in [1.54, 1.807) is 18.5 Å². The molecule has 1 amide bonds. The summed E-state index contributed by atoms with van der Waals surface area (Å²) < 4.78 is 33.6. The summed E-state index contributed by atoms with van der Waals surface area (Å²) in [5.41, 5.74) is 4.25. The molecule has 11 nitrogen and oxygen atoms in total. The summed E-state index contributed by atoms with van der Waals surface area (Å²) in [5.74, 6) is 0.174. The molecule has 4 aromatic heterocycles. The zero-order valence-corrected chi connectivity index (χ0v) is 24.8. The van der Waals surface area contributed by atoms with Gasteiger partial charge in [0.15, 0.2) is 0 Å². The number of nitrogens with one attached hydrogen (secondary N) is 1. The number of halogens is 2. The molecule has 1 N–H and O–H groups in total. The summed E-state index contributed by atoms with van der Waals surface area (Å²) >= 11 is 0. The molecule has 0 radical (unpaired) electrons. The average molecular weight is 595 g/mol. The van der Waals surface area contributed by atoms with Crippen molar-refractivity contribution in [3.63, 3.8) is 0 Å². The maximum absolute atomic E-state index is 13.3. The Morgan fingerprint density at radius 3 is 2.42 bits per heavy atom. The second-order valence-electron chi connectivity index (χ2n) is 12.2. The quantitative estimate of drug-likeness (QED) is 0.342. The van der Waals surface area contributed by atoms with Crippen molar-refractivity contribution in [2.45, 2.75) is 78.4 Å². The molecule has 5 heterocycles. The first-order chi connectivity index (χ1) is 20.6. The molecule has 1 saturated carbocycles. The molecule has 228 valence electrons. The van der Waals surface area contributed by atoms with Gasteiger partial charge in [-0.3, -0.25) is 19.3 Å². The molecule has 2 fully saturated rings. The zero-order chi connectivity index (χ0) is 30.4. The lowest BCUT2D eigenvalue weighted by molar-refractivity contribution is -0.144. The van der Waals surface area contributed by atoms with Crippen LogP contribution in [-0.4, -0.2) is 72.1 Å². The minimum Gasteiger partial charge on any atom is -0.334 e.